The summed E-state index contributed by atoms with van der Waals surface area (Å²) in [6, 6.07) is 18.3. The van der Waals surface area contributed by atoms with E-state index in [1.165, 1.54) is 0 Å². The Morgan fingerprint density at radius 3 is 1.89 bits per heavy atom. The molecule has 0 saturated heterocycles. The van der Waals surface area contributed by atoms with Crippen LogP contribution in [0.25, 0.3) is 21.5 Å². The van der Waals surface area contributed by atoms with Crippen LogP contribution in [0.3, 0.4) is 0 Å². The molecule has 37 heavy (non-hydrogen) atoms. The number of alkyl carbamates (subject to hydrolysis) is 1. The van der Waals surface area contributed by atoms with Gasteiger partial charge in [0.25, 0.3) is 0 Å². The number of hydrogen-bond donors (Lipinski definition) is 3. The van der Waals surface area contributed by atoms with Crippen molar-refractivity contribution in [3.63, 3.8) is 0 Å². The van der Waals surface area contributed by atoms with Crippen molar-refractivity contribution in [2.75, 3.05) is 33.4 Å². The van der Waals surface area contributed by atoms with Crippen LogP contribution in [0.1, 0.15) is 45.1 Å². The van der Waals surface area contributed by atoms with Crippen molar-refractivity contribution in [3.05, 3.63) is 60.2 Å². The maximum atomic E-state index is 12.2. The second-order valence-electron chi connectivity index (χ2n) is 8.14. The van der Waals surface area contributed by atoms with Gasteiger partial charge in [0.15, 0.2) is 0 Å². The third-order valence-corrected chi connectivity index (χ3v) is 5.61. The number of benzene rings is 3. The predicted octanol–water partition coefficient (Wildman–Crippen LogP) is 4.68. The Kier molecular flexibility index (Phi) is 13.5. The van der Waals surface area contributed by atoms with Crippen LogP contribution in [0.5, 0.6) is 0 Å². The van der Waals surface area contributed by atoms with Gasteiger partial charge in [-0.15, -0.1) is 0 Å². The van der Waals surface area contributed by atoms with E-state index >= 15 is 0 Å². The van der Waals surface area contributed by atoms with Crippen molar-refractivity contribution in [2.24, 2.45) is 0 Å². The molecule has 3 aromatic carbocycles. The lowest BCUT2D eigenvalue weighted by Gasteiger charge is -2.13. The summed E-state index contributed by atoms with van der Waals surface area (Å²) < 4.78 is 11.0. The zero-order chi connectivity index (χ0) is 26.9. The number of rotatable bonds is 13. The molecule has 0 bridgehead atoms. The molecule has 8 nitrogen and oxygen atoms in total. The van der Waals surface area contributed by atoms with E-state index in [1.807, 2.05) is 50.2 Å². The van der Waals surface area contributed by atoms with Crippen molar-refractivity contribution < 1.29 is 23.9 Å². The molecule has 0 saturated carbocycles. The molecule has 0 heterocycles. The minimum atomic E-state index is -0.457. The van der Waals surface area contributed by atoms with Gasteiger partial charge in [-0.3, -0.25) is 9.59 Å². The lowest BCUT2D eigenvalue weighted by atomic mass is 9.97. The van der Waals surface area contributed by atoms with Crippen LogP contribution in [0.2, 0.25) is 0 Å². The molecule has 3 aromatic rings. The number of nitrogens with one attached hydrogen (secondary N) is 3. The van der Waals surface area contributed by atoms with Crippen molar-refractivity contribution >= 4 is 39.5 Å². The molecule has 0 radical (unpaired) electrons. The Morgan fingerprint density at radius 1 is 0.757 bits per heavy atom. The quantitative estimate of drug-likeness (QED) is 0.229. The highest BCUT2D eigenvalue weighted by molar-refractivity contribution is 6.02. The van der Waals surface area contributed by atoms with Gasteiger partial charge in [-0.1, -0.05) is 62.4 Å². The Morgan fingerprint density at radius 2 is 1.30 bits per heavy atom. The van der Waals surface area contributed by atoms with Gasteiger partial charge in [0, 0.05) is 51.8 Å². The van der Waals surface area contributed by atoms with Gasteiger partial charge in [-0.2, -0.15) is 0 Å². The number of hydrogen-bond acceptors (Lipinski definition) is 5. The zero-order valence-corrected chi connectivity index (χ0v) is 22.1. The molecule has 0 aliphatic heterocycles. The van der Waals surface area contributed by atoms with Gasteiger partial charge in [0.1, 0.15) is 6.61 Å². The van der Waals surface area contributed by atoms with Gasteiger partial charge in [0.05, 0.1) is 0 Å². The van der Waals surface area contributed by atoms with Crippen LogP contribution in [0.15, 0.2) is 54.6 Å². The van der Waals surface area contributed by atoms with E-state index in [4.69, 9.17) is 9.47 Å². The first-order chi connectivity index (χ1) is 18.1. The van der Waals surface area contributed by atoms with Gasteiger partial charge in [0.2, 0.25) is 11.8 Å². The monoisotopic (exact) mass is 509 g/mol. The molecule has 0 unspecified atom stereocenters. The van der Waals surface area contributed by atoms with Crippen LogP contribution in [0, 0.1) is 0 Å². The molecule has 0 fully saturated rings. The lowest BCUT2D eigenvalue weighted by Crippen LogP contribution is -2.27. The Bertz CT molecular complexity index is 1090. The average molecular weight is 510 g/mol. The maximum Gasteiger partial charge on any atom is 0.407 e. The van der Waals surface area contributed by atoms with Gasteiger partial charge >= 0.3 is 6.09 Å². The molecule has 3 rings (SSSR count). The van der Waals surface area contributed by atoms with E-state index in [1.54, 1.807) is 7.05 Å². The van der Waals surface area contributed by atoms with E-state index < -0.39 is 6.09 Å². The molecule has 8 heteroatoms. The topological polar surface area (TPSA) is 106 Å². The molecule has 200 valence electrons. The minimum absolute atomic E-state index is 0.146. The first-order valence-corrected chi connectivity index (χ1v) is 12.9. The number of carbonyl (C=O) groups is 3. The molecule has 0 aliphatic rings. The fourth-order valence-corrected chi connectivity index (χ4v) is 3.76. The van der Waals surface area contributed by atoms with Crippen molar-refractivity contribution in [3.8, 4) is 0 Å². The summed E-state index contributed by atoms with van der Waals surface area (Å²) in [4.78, 5) is 34.9. The van der Waals surface area contributed by atoms with Crippen LogP contribution in [-0.2, 0) is 25.7 Å². The highest BCUT2D eigenvalue weighted by Crippen LogP contribution is 2.29. The van der Waals surface area contributed by atoms with Crippen molar-refractivity contribution in [1.82, 2.24) is 16.0 Å². The first kappa shape index (κ1) is 29.6. The summed E-state index contributed by atoms with van der Waals surface area (Å²) in [7, 11) is 1.55. The minimum Gasteiger partial charge on any atom is -0.445 e. The van der Waals surface area contributed by atoms with Gasteiger partial charge < -0.3 is 25.4 Å². The summed E-state index contributed by atoms with van der Waals surface area (Å²) in [5.74, 6) is -0.296. The molecular weight excluding hydrogens is 470 g/mol. The molecular formula is C29H39N3O5. The molecule has 0 aliphatic carbocycles. The number of fused-ring (bicyclic) bond motifs is 2. The van der Waals surface area contributed by atoms with E-state index in [2.05, 4.69) is 34.1 Å². The van der Waals surface area contributed by atoms with Crippen LogP contribution in [0.4, 0.5) is 4.79 Å². The van der Waals surface area contributed by atoms with Gasteiger partial charge in [-0.05, 0) is 40.5 Å². The van der Waals surface area contributed by atoms with E-state index in [0.29, 0.717) is 39.1 Å². The highest BCUT2D eigenvalue weighted by atomic mass is 16.5. The molecule has 3 amide bonds. The second-order valence-corrected chi connectivity index (χ2v) is 8.14. The van der Waals surface area contributed by atoms with Crippen molar-refractivity contribution in [2.45, 2.75) is 46.1 Å². The first-order valence-electron chi connectivity index (χ1n) is 12.9. The molecule has 3 N–H and O–H groups in total. The molecule has 0 atom stereocenters. The maximum absolute atomic E-state index is 12.2. The Hall–Kier alpha value is -3.65. The van der Waals surface area contributed by atoms with E-state index in [0.717, 1.165) is 27.1 Å². The fourth-order valence-electron chi connectivity index (χ4n) is 3.76. The number of amides is 3. The summed E-state index contributed by atoms with van der Waals surface area (Å²) >= 11 is 0. The van der Waals surface area contributed by atoms with Crippen LogP contribution in [-0.4, -0.2) is 51.3 Å². The lowest BCUT2D eigenvalue weighted by molar-refractivity contribution is -0.126. The number of carbonyl (C=O) groups excluding carboxylic acids is 3. The number of ether oxygens (including phenoxy) is 2. The van der Waals surface area contributed by atoms with Crippen LogP contribution < -0.4 is 16.0 Å². The third-order valence-electron chi connectivity index (χ3n) is 5.61. The fraction of sp³-hybridized carbons (Fsp3) is 0.414. The Balaban J connectivity index is 0.00000235. The normalized spacial score (nSPS) is 10.4. The average Bonchev–Trinajstić information content (AvgIpc) is 2.94. The summed E-state index contributed by atoms with van der Waals surface area (Å²) in [6.45, 7) is 6.15. The zero-order valence-electron chi connectivity index (χ0n) is 22.1. The SMILES string of the molecule is CC.CNC(=O)CCC(=O)NCCCOCCCNC(=O)OCc1c2ccccc2cc2ccccc12. The van der Waals surface area contributed by atoms with Gasteiger partial charge in [-0.25, -0.2) is 4.79 Å². The summed E-state index contributed by atoms with van der Waals surface area (Å²) in [6.07, 6.45) is 1.25. The standard InChI is InChI=1S/C27H33N3O5.C2H6/c1-28-25(31)12-13-26(32)29-14-6-16-34-17-7-15-30-27(33)35-19-24-22-10-4-2-8-20(22)18-21-9-3-5-11-23(21)24;1-2/h2-5,8-11,18H,6-7,12-17,19H2,1H3,(H,28,31)(H,29,32)(H,30,33);1-2H3. The third kappa shape index (κ3) is 10.1. The smallest absolute Gasteiger partial charge is 0.407 e. The summed E-state index contributed by atoms with van der Waals surface area (Å²) in [5.41, 5.74) is 0.998. The predicted molar refractivity (Wildman–Crippen MR) is 147 cm³/mol. The van der Waals surface area contributed by atoms with Crippen LogP contribution >= 0.6 is 0 Å². The highest BCUT2D eigenvalue weighted by Gasteiger charge is 2.10. The van der Waals surface area contributed by atoms with E-state index in [-0.39, 0.29) is 31.3 Å². The molecule has 0 spiro atoms. The van der Waals surface area contributed by atoms with E-state index in [9.17, 15) is 14.4 Å². The summed E-state index contributed by atoms with van der Waals surface area (Å²) in [5, 5.41) is 12.4. The Labute approximate surface area is 219 Å². The second kappa shape index (κ2) is 16.9. The molecule has 0 aromatic heterocycles. The largest absolute Gasteiger partial charge is 0.445 e. The van der Waals surface area contributed by atoms with Crippen molar-refractivity contribution in [1.29, 1.82) is 0 Å².